The van der Waals surface area contributed by atoms with E-state index < -0.39 is 17.0 Å². The molecule has 1 aromatic carbocycles. The monoisotopic (exact) mass is 483 g/mol. The fourth-order valence-corrected chi connectivity index (χ4v) is 4.82. The number of rotatable bonds is 8. The van der Waals surface area contributed by atoms with E-state index >= 15 is 0 Å². The van der Waals surface area contributed by atoms with Gasteiger partial charge < -0.3 is 10.6 Å². The molecule has 3 N–H and O–H groups in total. The first-order valence-electron chi connectivity index (χ1n) is 11.3. The number of Topliss-reactive ketones (excluding diaryl/α,β-unsaturated/α-hetero) is 1. The van der Waals surface area contributed by atoms with Crippen LogP contribution >= 0.6 is 11.8 Å². The molecule has 2 aromatic heterocycles. The molecule has 1 saturated heterocycles. The van der Waals surface area contributed by atoms with Crippen LogP contribution in [0.3, 0.4) is 0 Å². The van der Waals surface area contributed by atoms with E-state index in [1.807, 2.05) is 49.6 Å². The van der Waals surface area contributed by atoms with Crippen molar-refractivity contribution in [3.05, 3.63) is 56.2 Å². The Bertz CT molecular complexity index is 1300. The van der Waals surface area contributed by atoms with E-state index in [9.17, 15) is 14.4 Å². The number of hydrogen-bond donors (Lipinski definition) is 2. The predicted molar refractivity (Wildman–Crippen MR) is 133 cm³/mol. The number of carbonyl (C=O) groups excluding carboxylic acids is 1. The van der Waals surface area contributed by atoms with E-state index in [-0.39, 0.29) is 23.1 Å². The molecule has 11 heteroatoms. The van der Waals surface area contributed by atoms with Crippen molar-refractivity contribution >= 4 is 29.3 Å². The highest BCUT2D eigenvalue weighted by Crippen LogP contribution is 2.29. The first kappa shape index (κ1) is 23.8. The van der Waals surface area contributed by atoms with Gasteiger partial charge in [-0.3, -0.25) is 23.7 Å². The maximum atomic E-state index is 13.1. The largest absolute Gasteiger partial charge is 0.384 e. The third-order valence-electron chi connectivity index (χ3n) is 5.70. The molecular weight excluding hydrogens is 454 g/mol. The van der Waals surface area contributed by atoms with Crippen LogP contribution in [0.5, 0.6) is 0 Å². The number of thioether (sulfide) groups is 1. The fraction of sp³-hybridized carbons (Fsp3) is 0.435. The summed E-state index contributed by atoms with van der Waals surface area (Å²) in [6.45, 7) is 7.96. The number of nitrogens with zero attached hydrogens (tertiary/aromatic N) is 5. The standard InChI is InChI=1S/C23H29N7O3S/c1-14(2)12-29-19(24)18(20(32)25-22(29)33)17(31)13-34-23-27-26-21(28-10-4-5-11-28)30(23)16-8-6-15(3)7-9-16/h6-9,14H,4-5,10-13,24H2,1-3H3,(H,25,32,33). The van der Waals surface area contributed by atoms with Crippen LogP contribution < -0.4 is 21.9 Å². The van der Waals surface area contributed by atoms with Crippen LogP contribution in [-0.2, 0) is 6.54 Å². The van der Waals surface area contributed by atoms with Crippen molar-refractivity contribution in [2.24, 2.45) is 5.92 Å². The molecule has 180 valence electrons. The zero-order valence-corrected chi connectivity index (χ0v) is 20.4. The maximum Gasteiger partial charge on any atom is 0.329 e. The highest BCUT2D eigenvalue weighted by Gasteiger charge is 2.25. The number of nitrogen functional groups attached to an aromatic ring is 1. The topological polar surface area (TPSA) is 132 Å². The van der Waals surface area contributed by atoms with Crippen LogP contribution in [0.1, 0.15) is 42.6 Å². The summed E-state index contributed by atoms with van der Waals surface area (Å²) in [5.41, 5.74) is 6.54. The van der Waals surface area contributed by atoms with E-state index in [1.165, 1.54) is 16.3 Å². The van der Waals surface area contributed by atoms with Gasteiger partial charge in [-0.25, -0.2) is 4.79 Å². The number of hydrogen-bond acceptors (Lipinski definition) is 8. The van der Waals surface area contributed by atoms with Crippen LogP contribution in [-0.4, -0.2) is 48.9 Å². The zero-order valence-electron chi connectivity index (χ0n) is 19.6. The molecule has 0 aliphatic carbocycles. The summed E-state index contributed by atoms with van der Waals surface area (Å²) in [6.07, 6.45) is 2.19. The number of benzene rings is 1. The maximum absolute atomic E-state index is 13.1. The summed E-state index contributed by atoms with van der Waals surface area (Å²) in [4.78, 5) is 42.1. The average Bonchev–Trinajstić information content (AvgIpc) is 3.45. The number of aromatic nitrogens is 5. The van der Waals surface area contributed by atoms with Crippen molar-refractivity contribution < 1.29 is 4.79 Å². The second-order valence-electron chi connectivity index (χ2n) is 8.88. The van der Waals surface area contributed by atoms with Crippen molar-refractivity contribution in [1.29, 1.82) is 0 Å². The van der Waals surface area contributed by atoms with Crippen molar-refractivity contribution in [2.45, 2.75) is 45.3 Å². The van der Waals surface area contributed by atoms with E-state index in [4.69, 9.17) is 5.73 Å². The lowest BCUT2D eigenvalue weighted by molar-refractivity contribution is 0.102. The molecule has 0 atom stereocenters. The molecule has 0 saturated carbocycles. The predicted octanol–water partition coefficient (Wildman–Crippen LogP) is 2.24. The summed E-state index contributed by atoms with van der Waals surface area (Å²) in [5.74, 6) is 0.199. The van der Waals surface area contributed by atoms with Gasteiger partial charge in [-0.05, 0) is 37.8 Å². The number of nitrogens with one attached hydrogen (secondary N) is 1. The second-order valence-corrected chi connectivity index (χ2v) is 9.83. The molecular formula is C23H29N7O3S. The Hall–Kier alpha value is -3.34. The Morgan fingerprint density at radius 1 is 1.15 bits per heavy atom. The summed E-state index contributed by atoms with van der Waals surface area (Å²) >= 11 is 1.19. The minimum absolute atomic E-state index is 0.0723. The lowest BCUT2D eigenvalue weighted by atomic mass is 10.2. The third-order valence-corrected chi connectivity index (χ3v) is 6.62. The Morgan fingerprint density at radius 3 is 2.47 bits per heavy atom. The average molecular weight is 484 g/mol. The lowest BCUT2D eigenvalue weighted by Gasteiger charge is -2.18. The molecule has 0 spiro atoms. The molecule has 0 bridgehead atoms. The first-order chi connectivity index (χ1) is 16.3. The van der Waals surface area contributed by atoms with Crippen LogP contribution in [0, 0.1) is 12.8 Å². The van der Waals surface area contributed by atoms with Gasteiger partial charge in [0.15, 0.2) is 10.9 Å². The summed E-state index contributed by atoms with van der Waals surface area (Å²) < 4.78 is 3.18. The smallest absolute Gasteiger partial charge is 0.329 e. The number of aromatic amines is 1. The van der Waals surface area contributed by atoms with Gasteiger partial charge in [0, 0.05) is 19.6 Å². The SMILES string of the molecule is Cc1ccc(-n2c(SCC(=O)c3c(N)n(CC(C)C)c(=O)[nH]c3=O)nnc2N2CCCC2)cc1. The Balaban J connectivity index is 1.64. The molecule has 0 amide bonds. The number of ketones is 1. The van der Waals surface area contributed by atoms with Gasteiger partial charge in [0.25, 0.3) is 5.56 Å². The molecule has 0 radical (unpaired) electrons. The van der Waals surface area contributed by atoms with Crippen LogP contribution in [0.25, 0.3) is 5.69 Å². The van der Waals surface area contributed by atoms with Crippen molar-refractivity contribution in [3.63, 3.8) is 0 Å². The van der Waals surface area contributed by atoms with Crippen LogP contribution in [0.4, 0.5) is 11.8 Å². The Morgan fingerprint density at radius 2 is 1.82 bits per heavy atom. The van der Waals surface area contributed by atoms with E-state index in [1.54, 1.807) is 0 Å². The van der Waals surface area contributed by atoms with Gasteiger partial charge >= 0.3 is 5.69 Å². The molecule has 3 aromatic rings. The molecule has 1 fully saturated rings. The number of carbonyl (C=O) groups is 1. The summed E-state index contributed by atoms with van der Waals surface area (Å²) in [6, 6.07) is 8.02. The van der Waals surface area contributed by atoms with Gasteiger partial charge in [0.2, 0.25) is 5.95 Å². The first-order valence-corrected chi connectivity index (χ1v) is 12.3. The van der Waals surface area contributed by atoms with E-state index in [0.29, 0.717) is 11.7 Å². The Labute approximate surface area is 201 Å². The fourth-order valence-electron chi connectivity index (χ4n) is 4.00. The molecule has 4 rings (SSSR count). The number of aryl methyl sites for hydroxylation is 1. The molecule has 1 aliphatic rings. The highest BCUT2D eigenvalue weighted by atomic mass is 32.2. The Kier molecular flexibility index (Phi) is 6.92. The lowest BCUT2D eigenvalue weighted by Crippen LogP contribution is -2.37. The van der Waals surface area contributed by atoms with E-state index in [0.717, 1.165) is 43.1 Å². The molecule has 34 heavy (non-hydrogen) atoms. The number of nitrogens with two attached hydrogens (primary N) is 1. The summed E-state index contributed by atoms with van der Waals surface area (Å²) in [5, 5.41) is 9.31. The van der Waals surface area contributed by atoms with Crippen LogP contribution in [0.2, 0.25) is 0 Å². The van der Waals surface area contributed by atoms with Crippen LogP contribution in [0.15, 0.2) is 39.0 Å². The molecule has 1 aliphatic heterocycles. The van der Waals surface area contributed by atoms with E-state index in [2.05, 4.69) is 20.1 Å². The van der Waals surface area contributed by atoms with Gasteiger partial charge in [0.1, 0.15) is 11.4 Å². The molecule has 3 heterocycles. The van der Waals surface area contributed by atoms with Gasteiger partial charge in [-0.2, -0.15) is 0 Å². The number of H-pyrrole nitrogens is 1. The van der Waals surface area contributed by atoms with Crippen molar-refractivity contribution in [1.82, 2.24) is 24.3 Å². The van der Waals surface area contributed by atoms with Gasteiger partial charge in [-0.15, -0.1) is 10.2 Å². The van der Waals surface area contributed by atoms with Crippen molar-refractivity contribution in [2.75, 3.05) is 29.5 Å². The zero-order chi connectivity index (χ0) is 24.4. The second kappa shape index (κ2) is 9.88. The highest BCUT2D eigenvalue weighted by molar-refractivity contribution is 7.99. The minimum Gasteiger partial charge on any atom is -0.384 e. The van der Waals surface area contributed by atoms with Gasteiger partial charge in [0.05, 0.1) is 11.4 Å². The minimum atomic E-state index is -0.772. The third kappa shape index (κ3) is 4.79. The molecule has 10 nitrogen and oxygen atoms in total. The number of anilines is 2. The van der Waals surface area contributed by atoms with Crippen molar-refractivity contribution in [3.8, 4) is 5.69 Å². The van der Waals surface area contributed by atoms with Gasteiger partial charge in [-0.1, -0.05) is 43.3 Å². The molecule has 0 unspecified atom stereocenters. The quantitative estimate of drug-likeness (QED) is 0.368. The summed E-state index contributed by atoms with van der Waals surface area (Å²) in [7, 11) is 0. The normalized spacial score (nSPS) is 13.7.